The van der Waals surface area contributed by atoms with Crippen molar-refractivity contribution in [3.05, 3.63) is 30.1 Å². The maximum atomic E-state index is 12.0. The monoisotopic (exact) mass is 351 g/mol. The summed E-state index contributed by atoms with van der Waals surface area (Å²) >= 11 is 1.65. The Morgan fingerprint density at radius 1 is 1.38 bits per heavy atom. The van der Waals surface area contributed by atoms with Gasteiger partial charge in [-0.3, -0.25) is 9.78 Å². The van der Waals surface area contributed by atoms with Gasteiger partial charge in [0.15, 0.2) is 0 Å². The van der Waals surface area contributed by atoms with Crippen LogP contribution in [0.5, 0.6) is 0 Å². The number of pyridine rings is 1. The van der Waals surface area contributed by atoms with E-state index in [-0.39, 0.29) is 30.7 Å². The second-order valence-corrected chi connectivity index (χ2v) is 5.74. The second kappa shape index (κ2) is 11.1. The zero-order chi connectivity index (χ0) is 13.5. The number of carbonyl (C=O) groups excluding carboxylic acids is 1. The summed E-state index contributed by atoms with van der Waals surface area (Å²) in [7, 11) is 1.99. The molecule has 0 saturated carbocycles. The van der Waals surface area contributed by atoms with Crippen LogP contribution in [0.25, 0.3) is 0 Å². The summed E-state index contributed by atoms with van der Waals surface area (Å²) in [4.78, 5) is 18.3. The molecule has 7 heteroatoms. The first kappa shape index (κ1) is 20.5. The first-order valence-electron chi connectivity index (χ1n) is 6.72. The SMILES string of the molecule is CNC1CCN(C(=O)CSCc2ccccn2)CC1.Cl.Cl. The number of rotatable bonds is 5. The molecule has 1 fully saturated rings. The summed E-state index contributed by atoms with van der Waals surface area (Å²) in [6, 6.07) is 6.46. The Kier molecular flexibility index (Phi) is 10.9. The van der Waals surface area contributed by atoms with Gasteiger partial charge < -0.3 is 10.2 Å². The molecule has 0 aromatic carbocycles. The summed E-state index contributed by atoms with van der Waals surface area (Å²) in [5.41, 5.74) is 1.04. The molecule has 1 amide bonds. The zero-order valence-electron chi connectivity index (χ0n) is 12.2. The van der Waals surface area contributed by atoms with Crippen LogP contribution in [0.2, 0.25) is 0 Å². The van der Waals surface area contributed by atoms with E-state index < -0.39 is 0 Å². The fourth-order valence-corrected chi connectivity index (χ4v) is 3.07. The highest BCUT2D eigenvalue weighted by atomic mass is 35.5. The number of nitrogens with zero attached hydrogens (tertiary/aromatic N) is 2. The van der Waals surface area contributed by atoms with Gasteiger partial charge in [-0.25, -0.2) is 0 Å². The number of carbonyl (C=O) groups is 1. The first-order chi connectivity index (χ1) is 9.29. The molecule has 0 radical (unpaired) electrons. The van der Waals surface area contributed by atoms with E-state index in [9.17, 15) is 4.79 Å². The number of amides is 1. The number of likely N-dealkylation sites (tertiary alicyclic amines) is 1. The average molecular weight is 352 g/mol. The first-order valence-corrected chi connectivity index (χ1v) is 7.87. The molecule has 2 heterocycles. The average Bonchev–Trinajstić information content (AvgIpc) is 2.48. The van der Waals surface area contributed by atoms with Crippen molar-refractivity contribution in [3.8, 4) is 0 Å². The van der Waals surface area contributed by atoms with Gasteiger partial charge in [-0.05, 0) is 32.0 Å². The molecule has 0 spiro atoms. The van der Waals surface area contributed by atoms with Gasteiger partial charge in [0, 0.05) is 31.1 Å². The molecule has 21 heavy (non-hydrogen) atoms. The van der Waals surface area contributed by atoms with Gasteiger partial charge in [0.25, 0.3) is 0 Å². The van der Waals surface area contributed by atoms with E-state index >= 15 is 0 Å². The Bertz CT molecular complexity index is 400. The Hall–Kier alpha value is -0.490. The van der Waals surface area contributed by atoms with Gasteiger partial charge >= 0.3 is 0 Å². The summed E-state index contributed by atoms with van der Waals surface area (Å²) < 4.78 is 0. The van der Waals surface area contributed by atoms with E-state index in [1.165, 1.54) is 0 Å². The van der Waals surface area contributed by atoms with E-state index in [0.29, 0.717) is 11.8 Å². The highest BCUT2D eigenvalue weighted by molar-refractivity contribution is 7.99. The third kappa shape index (κ3) is 6.87. The number of aromatic nitrogens is 1. The van der Waals surface area contributed by atoms with Crippen LogP contribution in [0.4, 0.5) is 0 Å². The molecule has 1 aromatic rings. The Morgan fingerprint density at radius 3 is 2.67 bits per heavy atom. The van der Waals surface area contributed by atoms with Gasteiger partial charge in [-0.15, -0.1) is 36.6 Å². The molecule has 0 aliphatic carbocycles. The maximum Gasteiger partial charge on any atom is 0.232 e. The van der Waals surface area contributed by atoms with Crippen LogP contribution in [0.3, 0.4) is 0 Å². The number of halogens is 2. The molecule has 1 aliphatic heterocycles. The number of thioether (sulfide) groups is 1. The molecule has 0 bridgehead atoms. The molecule has 1 N–H and O–H groups in total. The van der Waals surface area contributed by atoms with Crippen LogP contribution in [0.15, 0.2) is 24.4 Å². The van der Waals surface area contributed by atoms with Crippen molar-refractivity contribution < 1.29 is 4.79 Å². The lowest BCUT2D eigenvalue weighted by Crippen LogP contribution is -2.44. The standard InChI is InChI=1S/C14H21N3OS.2ClH/c1-15-12-5-8-17(9-6-12)14(18)11-19-10-13-4-2-3-7-16-13;;/h2-4,7,12,15H,5-6,8-11H2,1H3;2*1H. The summed E-state index contributed by atoms with van der Waals surface area (Å²) in [5, 5.41) is 3.28. The fraction of sp³-hybridized carbons (Fsp3) is 0.571. The van der Waals surface area contributed by atoms with Gasteiger partial charge in [-0.1, -0.05) is 6.07 Å². The molecule has 2 rings (SSSR count). The third-order valence-corrected chi connectivity index (χ3v) is 4.41. The molecular weight excluding hydrogens is 329 g/mol. The van der Waals surface area contributed by atoms with E-state index in [0.717, 1.165) is 37.4 Å². The fourth-order valence-electron chi connectivity index (χ4n) is 2.24. The van der Waals surface area contributed by atoms with Gasteiger partial charge in [0.1, 0.15) is 0 Å². The molecule has 1 aliphatic rings. The molecule has 1 saturated heterocycles. The molecule has 0 atom stereocenters. The highest BCUT2D eigenvalue weighted by Crippen LogP contribution is 2.14. The van der Waals surface area contributed by atoms with Crippen LogP contribution in [-0.2, 0) is 10.5 Å². The van der Waals surface area contributed by atoms with Gasteiger partial charge in [-0.2, -0.15) is 0 Å². The summed E-state index contributed by atoms with van der Waals surface area (Å²) in [6.45, 7) is 1.77. The number of piperidine rings is 1. The Morgan fingerprint density at radius 2 is 2.10 bits per heavy atom. The van der Waals surface area contributed by atoms with E-state index in [2.05, 4.69) is 10.3 Å². The minimum absolute atomic E-state index is 0. The van der Waals surface area contributed by atoms with Crippen LogP contribution < -0.4 is 5.32 Å². The molecule has 120 valence electrons. The van der Waals surface area contributed by atoms with Crippen molar-refractivity contribution in [1.82, 2.24) is 15.2 Å². The zero-order valence-corrected chi connectivity index (χ0v) is 14.6. The second-order valence-electron chi connectivity index (χ2n) is 4.76. The molecule has 0 unspecified atom stereocenters. The highest BCUT2D eigenvalue weighted by Gasteiger charge is 2.21. The molecular formula is C14H23Cl2N3OS. The van der Waals surface area contributed by atoms with Crippen molar-refractivity contribution >= 4 is 42.5 Å². The van der Waals surface area contributed by atoms with Crippen molar-refractivity contribution in [2.45, 2.75) is 24.6 Å². The lowest BCUT2D eigenvalue weighted by Gasteiger charge is -2.31. The van der Waals surface area contributed by atoms with Crippen LogP contribution in [-0.4, -0.2) is 47.7 Å². The predicted octanol–water partition coefficient (Wildman–Crippen LogP) is 2.37. The van der Waals surface area contributed by atoms with Crippen LogP contribution in [0, 0.1) is 0 Å². The normalized spacial score (nSPS) is 15.0. The van der Waals surface area contributed by atoms with Crippen molar-refractivity contribution in [3.63, 3.8) is 0 Å². The summed E-state index contributed by atoms with van der Waals surface area (Å²) in [6.07, 6.45) is 3.92. The van der Waals surface area contributed by atoms with Gasteiger partial charge in [0.05, 0.1) is 11.4 Å². The topological polar surface area (TPSA) is 45.2 Å². The molecule has 1 aromatic heterocycles. The lowest BCUT2D eigenvalue weighted by atomic mass is 10.1. The Balaban J connectivity index is 0.00000200. The number of hydrogen-bond donors (Lipinski definition) is 1. The minimum atomic E-state index is 0. The van der Waals surface area contributed by atoms with Crippen LogP contribution in [0.1, 0.15) is 18.5 Å². The van der Waals surface area contributed by atoms with Crippen molar-refractivity contribution in [2.24, 2.45) is 0 Å². The third-order valence-electron chi connectivity index (χ3n) is 3.46. The number of hydrogen-bond acceptors (Lipinski definition) is 4. The smallest absolute Gasteiger partial charge is 0.232 e. The lowest BCUT2D eigenvalue weighted by molar-refractivity contribution is -0.129. The largest absolute Gasteiger partial charge is 0.342 e. The number of nitrogens with one attached hydrogen (secondary N) is 1. The summed E-state index contributed by atoms with van der Waals surface area (Å²) in [5.74, 6) is 1.62. The van der Waals surface area contributed by atoms with E-state index in [1.54, 1.807) is 18.0 Å². The predicted molar refractivity (Wildman–Crippen MR) is 93.6 cm³/mol. The Labute approximate surface area is 143 Å². The minimum Gasteiger partial charge on any atom is -0.342 e. The van der Waals surface area contributed by atoms with Crippen molar-refractivity contribution in [2.75, 3.05) is 25.9 Å². The van der Waals surface area contributed by atoms with Crippen molar-refractivity contribution in [1.29, 1.82) is 0 Å². The maximum absolute atomic E-state index is 12.0. The quantitative estimate of drug-likeness (QED) is 0.884. The van der Waals surface area contributed by atoms with E-state index in [4.69, 9.17) is 0 Å². The molecule has 4 nitrogen and oxygen atoms in total. The van der Waals surface area contributed by atoms with E-state index in [1.807, 2.05) is 30.1 Å². The van der Waals surface area contributed by atoms with Crippen LogP contribution >= 0.6 is 36.6 Å². The van der Waals surface area contributed by atoms with Gasteiger partial charge in [0.2, 0.25) is 5.91 Å².